The van der Waals surface area contributed by atoms with Gasteiger partial charge in [0.1, 0.15) is 0 Å². The van der Waals surface area contributed by atoms with Crippen LogP contribution in [0.25, 0.3) is 0 Å². The van der Waals surface area contributed by atoms with Crippen molar-refractivity contribution in [2.24, 2.45) is 5.92 Å². The lowest BCUT2D eigenvalue weighted by Crippen LogP contribution is -2.48. The fourth-order valence-corrected chi connectivity index (χ4v) is 2.68. The zero-order valence-corrected chi connectivity index (χ0v) is 10.6. The summed E-state index contributed by atoms with van der Waals surface area (Å²) in [4.78, 5) is 11.5. The maximum Gasteiger partial charge on any atom is 0.340 e. The van der Waals surface area contributed by atoms with Gasteiger partial charge in [-0.05, 0) is 32.3 Å². The van der Waals surface area contributed by atoms with Crippen LogP contribution in [0.2, 0.25) is 0 Å². The summed E-state index contributed by atoms with van der Waals surface area (Å²) in [5.41, 5.74) is -1.22. The molecule has 1 unspecified atom stereocenters. The minimum atomic E-state index is -1.72. The summed E-state index contributed by atoms with van der Waals surface area (Å²) in [5, 5.41) is 20.0. The SMILES string of the molecule is C/C=C\C(=C/C)C(O)(C(=O)O)C1CCCCC1. The van der Waals surface area contributed by atoms with Gasteiger partial charge >= 0.3 is 5.97 Å². The molecule has 96 valence electrons. The van der Waals surface area contributed by atoms with E-state index in [9.17, 15) is 15.0 Å². The summed E-state index contributed by atoms with van der Waals surface area (Å²) in [6.45, 7) is 3.60. The predicted octanol–water partition coefficient (Wildman–Crippen LogP) is 2.90. The lowest BCUT2D eigenvalue weighted by atomic mass is 9.73. The minimum absolute atomic E-state index is 0.170. The fourth-order valence-electron chi connectivity index (χ4n) is 2.68. The molecule has 0 saturated heterocycles. The van der Waals surface area contributed by atoms with Crippen molar-refractivity contribution in [3.63, 3.8) is 0 Å². The first-order chi connectivity index (χ1) is 8.07. The first-order valence-corrected chi connectivity index (χ1v) is 6.32. The third-order valence-corrected chi connectivity index (χ3v) is 3.62. The highest BCUT2D eigenvalue weighted by molar-refractivity contribution is 5.83. The van der Waals surface area contributed by atoms with Crippen molar-refractivity contribution in [3.05, 3.63) is 23.8 Å². The van der Waals surface area contributed by atoms with Gasteiger partial charge in [-0.3, -0.25) is 0 Å². The molecule has 1 aliphatic rings. The molecule has 0 spiro atoms. The molecule has 0 aliphatic heterocycles. The third kappa shape index (κ3) is 2.78. The van der Waals surface area contributed by atoms with Crippen molar-refractivity contribution in [1.29, 1.82) is 0 Å². The lowest BCUT2D eigenvalue weighted by molar-refractivity contribution is -0.160. The summed E-state index contributed by atoms with van der Waals surface area (Å²) in [7, 11) is 0. The second-order valence-electron chi connectivity index (χ2n) is 4.65. The quantitative estimate of drug-likeness (QED) is 0.740. The monoisotopic (exact) mass is 238 g/mol. The zero-order chi connectivity index (χ0) is 12.9. The number of aliphatic carboxylic acids is 1. The summed E-state index contributed by atoms with van der Waals surface area (Å²) in [6.07, 6.45) is 9.90. The highest BCUT2D eigenvalue weighted by Crippen LogP contribution is 2.37. The molecule has 0 aromatic carbocycles. The molecule has 0 radical (unpaired) electrons. The molecule has 1 saturated carbocycles. The molecule has 17 heavy (non-hydrogen) atoms. The van der Waals surface area contributed by atoms with Crippen molar-refractivity contribution in [1.82, 2.24) is 0 Å². The van der Waals surface area contributed by atoms with E-state index >= 15 is 0 Å². The Hall–Kier alpha value is -1.09. The number of aliphatic hydroxyl groups is 1. The summed E-state index contributed by atoms with van der Waals surface area (Å²) >= 11 is 0. The molecule has 2 N–H and O–H groups in total. The molecule has 0 amide bonds. The van der Waals surface area contributed by atoms with E-state index in [4.69, 9.17) is 0 Å². The van der Waals surface area contributed by atoms with E-state index in [0.717, 1.165) is 32.1 Å². The van der Waals surface area contributed by atoms with Gasteiger partial charge in [-0.1, -0.05) is 37.5 Å². The normalized spacial score (nSPS) is 22.6. The van der Waals surface area contributed by atoms with E-state index in [-0.39, 0.29) is 5.92 Å². The van der Waals surface area contributed by atoms with Crippen LogP contribution in [0.3, 0.4) is 0 Å². The average Bonchev–Trinajstić information content (AvgIpc) is 2.35. The minimum Gasteiger partial charge on any atom is -0.479 e. The van der Waals surface area contributed by atoms with Gasteiger partial charge in [0, 0.05) is 5.92 Å². The second-order valence-corrected chi connectivity index (χ2v) is 4.65. The number of hydrogen-bond donors (Lipinski definition) is 2. The Bertz CT molecular complexity index is 324. The van der Waals surface area contributed by atoms with E-state index < -0.39 is 11.6 Å². The molecular formula is C14H22O3. The van der Waals surface area contributed by atoms with Crippen LogP contribution < -0.4 is 0 Å². The highest BCUT2D eigenvalue weighted by Gasteiger charge is 2.46. The Labute approximate surface area is 103 Å². The van der Waals surface area contributed by atoms with Crippen LogP contribution in [0.1, 0.15) is 46.0 Å². The molecule has 3 nitrogen and oxygen atoms in total. The molecule has 0 heterocycles. The standard InChI is InChI=1S/C14H22O3/c1-3-8-11(4-2)14(17,13(15)16)12-9-6-5-7-10-12/h3-4,8,12,17H,5-7,9-10H2,1-2H3,(H,15,16)/b8-3-,11-4+. The van der Waals surface area contributed by atoms with Crippen molar-refractivity contribution >= 4 is 5.97 Å². The molecule has 1 rings (SSSR count). The maximum absolute atomic E-state index is 11.5. The van der Waals surface area contributed by atoms with Crippen molar-refractivity contribution in [2.75, 3.05) is 0 Å². The van der Waals surface area contributed by atoms with Crippen LogP contribution >= 0.6 is 0 Å². The first-order valence-electron chi connectivity index (χ1n) is 6.32. The molecule has 1 fully saturated rings. The van der Waals surface area contributed by atoms with Gasteiger partial charge in [-0.2, -0.15) is 0 Å². The third-order valence-electron chi connectivity index (χ3n) is 3.62. The second kappa shape index (κ2) is 6.01. The number of carboxylic acids is 1. The Morgan fingerprint density at radius 3 is 2.24 bits per heavy atom. The Balaban J connectivity index is 3.06. The summed E-state index contributed by atoms with van der Waals surface area (Å²) in [5.74, 6) is -1.30. The molecule has 0 bridgehead atoms. The molecule has 1 atom stereocenters. The van der Waals surface area contributed by atoms with Crippen LogP contribution in [0, 0.1) is 5.92 Å². The Morgan fingerprint density at radius 1 is 1.24 bits per heavy atom. The van der Waals surface area contributed by atoms with Gasteiger partial charge < -0.3 is 10.2 Å². The van der Waals surface area contributed by atoms with Crippen molar-refractivity contribution in [2.45, 2.75) is 51.6 Å². The van der Waals surface area contributed by atoms with Gasteiger partial charge in [0.15, 0.2) is 5.60 Å². The topological polar surface area (TPSA) is 57.5 Å². The van der Waals surface area contributed by atoms with Crippen LogP contribution in [0.5, 0.6) is 0 Å². The Kier molecular flexibility index (Phi) is 4.94. The highest BCUT2D eigenvalue weighted by atomic mass is 16.4. The van der Waals surface area contributed by atoms with Crippen molar-refractivity contribution in [3.8, 4) is 0 Å². The number of allylic oxidation sites excluding steroid dienone is 2. The Morgan fingerprint density at radius 2 is 1.82 bits per heavy atom. The molecule has 1 aliphatic carbocycles. The number of carbonyl (C=O) groups is 1. The van der Waals surface area contributed by atoms with Crippen LogP contribution in [-0.4, -0.2) is 21.8 Å². The van der Waals surface area contributed by atoms with Crippen LogP contribution in [0.4, 0.5) is 0 Å². The lowest BCUT2D eigenvalue weighted by Gasteiger charge is -2.36. The smallest absolute Gasteiger partial charge is 0.340 e. The van der Waals surface area contributed by atoms with Crippen LogP contribution in [0.15, 0.2) is 23.8 Å². The first kappa shape index (κ1) is 14.0. The molecular weight excluding hydrogens is 216 g/mol. The summed E-state index contributed by atoms with van der Waals surface area (Å²) in [6, 6.07) is 0. The van der Waals surface area contributed by atoms with Crippen molar-refractivity contribution < 1.29 is 15.0 Å². The van der Waals surface area contributed by atoms with Gasteiger partial charge in [-0.25, -0.2) is 4.79 Å². The van der Waals surface area contributed by atoms with E-state index in [1.54, 1.807) is 25.2 Å². The number of rotatable bonds is 4. The molecule has 3 heteroatoms. The number of hydrogen-bond acceptors (Lipinski definition) is 2. The zero-order valence-electron chi connectivity index (χ0n) is 10.6. The largest absolute Gasteiger partial charge is 0.479 e. The number of carboxylic acid groups (broad SMARTS) is 1. The van der Waals surface area contributed by atoms with Gasteiger partial charge in [-0.15, -0.1) is 0 Å². The van der Waals surface area contributed by atoms with Gasteiger partial charge in [0.25, 0.3) is 0 Å². The van der Waals surface area contributed by atoms with Gasteiger partial charge in [0.05, 0.1) is 0 Å². The molecule has 0 aromatic heterocycles. The average molecular weight is 238 g/mol. The maximum atomic E-state index is 11.5. The predicted molar refractivity (Wildman–Crippen MR) is 67.7 cm³/mol. The van der Waals surface area contributed by atoms with E-state index in [2.05, 4.69) is 0 Å². The van der Waals surface area contributed by atoms with Gasteiger partial charge in [0.2, 0.25) is 0 Å². The fraction of sp³-hybridized carbons (Fsp3) is 0.643. The van der Waals surface area contributed by atoms with Crippen LogP contribution in [-0.2, 0) is 4.79 Å². The summed E-state index contributed by atoms with van der Waals surface area (Å²) < 4.78 is 0. The van der Waals surface area contributed by atoms with E-state index in [0.29, 0.717) is 5.57 Å². The molecule has 0 aromatic rings. The van der Waals surface area contributed by atoms with E-state index in [1.807, 2.05) is 6.92 Å². The van der Waals surface area contributed by atoms with E-state index in [1.165, 1.54) is 0 Å².